The summed E-state index contributed by atoms with van der Waals surface area (Å²) in [5, 5.41) is 3.66. The number of nitrogens with one attached hydrogen (secondary N) is 1. The van der Waals surface area contributed by atoms with Crippen molar-refractivity contribution in [3.63, 3.8) is 0 Å². The zero-order valence-corrected chi connectivity index (χ0v) is 25.4. The van der Waals surface area contributed by atoms with E-state index in [-0.39, 0.29) is 10.7 Å². The highest BCUT2D eigenvalue weighted by molar-refractivity contribution is 6.48. The number of nitrogens with zero attached hydrogens (tertiary/aromatic N) is 4. The number of hydrogen-bond acceptors (Lipinski definition) is 10. The van der Waals surface area contributed by atoms with Crippen LogP contribution in [-0.2, 0) is 9.53 Å². The molecule has 5 rings (SSSR count). The number of fused-ring (bicyclic) bond motifs is 1. The molecule has 1 amide bonds. The Labute approximate surface area is 256 Å². The first-order valence-electron chi connectivity index (χ1n) is 14.2. The van der Waals surface area contributed by atoms with Gasteiger partial charge in [0.1, 0.15) is 17.8 Å². The van der Waals surface area contributed by atoms with Gasteiger partial charge in [-0.1, -0.05) is 11.6 Å². The topological polar surface area (TPSA) is 133 Å². The van der Waals surface area contributed by atoms with Crippen molar-refractivity contribution >= 4 is 39.8 Å². The van der Waals surface area contributed by atoms with Crippen molar-refractivity contribution in [3.05, 3.63) is 53.5 Å². The molecule has 228 valence electrons. The van der Waals surface area contributed by atoms with Gasteiger partial charge in [0.25, 0.3) is 5.91 Å². The number of amides is 1. The van der Waals surface area contributed by atoms with Gasteiger partial charge in [-0.2, -0.15) is 0 Å². The second-order valence-electron chi connectivity index (χ2n) is 10.9. The van der Waals surface area contributed by atoms with Crippen LogP contribution in [-0.4, -0.2) is 80.1 Å². The predicted molar refractivity (Wildman–Crippen MR) is 167 cm³/mol. The fourth-order valence-corrected chi connectivity index (χ4v) is 5.42. The van der Waals surface area contributed by atoms with Crippen LogP contribution >= 0.6 is 11.6 Å². The van der Waals surface area contributed by atoms with Crippen LogP contribution in [0.25, 0.3) is 10.9 Å². The van der Waals surface area contributed by atoms with Crippen LogP contribution in [0.15, 0.2) is 53.4 Å². The Balaban J connectivity index is 1.22. The largest absolute Gasteiger partial charge is 0.493 e. The van der Waals surface area contributed by atoms with Crippen molar-refractivity contribution in [3.8, 4) is 23.1 Å². The summed E-state index contributed by atoms with van der Waals surface area (Å²) in [4.78, 5) is 27.8. The number of ether oxygens (including phenoxy) is 4. The van der Waals surface area contributed by atoms with Gasteiger partial charge >= 0.3 is 0 Å². The zero-order chi connectivity index (χ0) is 30.4. The number of aliphatic imine (C=N–C) groups is 1. The molecule has 2 saturated heterocycles. The van der Waals surface area contributed by atoms with E-state index in [4.69, 9.17) is 36.3 Å². The van der Waals surface area contributed by atoms with Gasteiger partial charge in [-0.05, 0) is 63.6 Å². The minimum Gasteiger partial charge on any atom is -0.493 e. The van der Waals surface area contributed by atoms with E-state index in [0.29, 0.717) is 57.4 Å². The lowest BCUT2D eigenvalue weighted by atomic mass is 9.77. The molecule has 0 atom stereocenters. The zero-order valence-electron chi connectivity index (χ0n) is 24.7. The fourth-order valence-electron chi connectivity index (χ4n) is 5.20. The summed E-state index contributed by atoms with van der Waals surface area (Å²) in [5.41, 5.74) is 7.82. The van der Waals surface area contributed by atoms with E-state index in [0.717, 1.165) is 39.3 Å². The quantitative estimate of drug-likeness (QED) is 0.232. The monoisotopic (exact) mass is 608 g/mol. The summed E-state index contributed by atoms with van der Waals surface area (Å²) in [5.74, 6) is 1.49. The number of piperidine rings is 1. The highest BCUT2D eigenvalue weighted by Crippen LogP contribution is 2.39. The van der Waals surface area contributed by atoms with Crippen LogP contribution in [0.3, 0.4) is 0 Å². The maximum atomic E-state index is 12.6. The van der Waals surface area contributed by atoms with Gasteiger partial charge in [-0.25, -0.2) is 9.97 Å². The van der Waals surface area contributed by atoms with Crippen molar-refractivity contribution in [1.82, 2.24) is 14.9 Å². The Hall–Kier alpha value is -3.93. The standard InChI is InChI=1S/C31H37ClN6O5/c1-20(33)13-26(34-2)29(39)37-24-6-5-21(14-23(24)32)43-30-22-15-27(40-3)28(16-25(22)35-19-36-30)42-12-4-9-38-10-7-31(8-11-38)17-41-18-31/h5-6,13-16,19H,4,7-12,17-18,33H2,1-3H3,(H,37,39). The molecule has 12 heteroatoms. The second-order valence-corrected chi connectivity index (χ2v) is 11.3. The lowest BCUT2D eigenvalue weighted by molar-refractivity contribution is -0.139. The number of allylic oxidation sites excluding steroid dienone is 1. The molecule has 1 spiro atoms. The maximum absolute atomic E-state index is 12.6. The van der Waals surface area contributed by atoms with Crippen LogP contribution in [0.1, 0.15) is 26.2 Å². The Morgan fingerprint density at radius 3 is 2.65 bits per heavy atom. The highest BCUT2D eigenvalue weighted by Gasteiger charge is 2.40. The number of nitrogens with two attached hydrogens (primary N) is 1. The lowest BCUT2D eigenvalue weighted by Gasteiger charge is -2.47. The molecule has 2 aromatic carbocycles. The van der Waals surface area contributed by atoms with Crippen LogP contribution in [0.2, 0.25) is 5.02 Å². The number of hydrogen-bond donors (Lipinski definition) is 2. The molecular weight excluding hydrogens is 572 g/mol. The molecule has 2 fully saturated rings. The molecule has 2 aliphatic rings. The maximum Gasteiger partial charge on any atom is 0.273 e. The average Bonchev–Trinajstić information content (AvgIpc) is 2.98. The molecule has 0 radical (unpaired) electrons. The summed E-state index contributed by atoms with van der Waals surface area (Å²) in [6, 6.07) is 8.55. The molecule has 0 bridgehead atoms. The van der Waals surface area contributed by atoms with E-state index in [1.54, 1.807) is 38.3 Å². The SMILES string of the molecule is CN=C(C=C(C)N)C(=O)Nc1ccc(Oc2ncnc3cc(OCCCN4CCC5(CC4)COC5)c(OC)cc23)cc1Cl. The first-order valence-corrected chi connectivity index (χ1v) is 14.6. The Bertz CT molecular complexity index is 1530. The van der Waals surface area contributed by atoms with Gasteiger partial charge in [0.05, 0.1) is 48.5 Å². The molecule has 0 saturated carbocycles. The van der Waals surface area contributed by atoms with Gasteiger partial charge < -0.3 is 34.9 Å². The van der Waals surface area contributed by atoms with Crippen molar-refractivity contribution in [2.75, 3.05) is 58.9 Å². The van der Waals surface area contributed by atoms with Crippen molar-refractivity contribution in [1.29, 1.82) is 0 Å². The third-order valence-corrected chi connectivity index (χ3v) is 8.05. The number of rotatable bonds is 11. The van der Waals surface area contributed by atoms with Crippen molar-refractivity contribution in [2.45, 2.75) is 26.2 Å². The normalized spacial score (nSPS) is 17.0. The van der Waals surface area contributed by atoms with E-state index >= 15 is 0 Å². The van der Waals surface area contributed by atoms with E-state index in [2.05, 4.69) is 25.2 Å². The van der Waals surface area contributed by atoms with Crippen molar-refractivity contribution in [2.24, 2.45) is 16.1 Å². The summed E-state index contributed by atoms with van der Waals surface area (Å²) in [7, 11) is 3.11. The fraction of sp³-hybridized carbons (Fsp3) is 0.419. The number of aromatic nitrogens is 2. The number of benzene rings is 2. The van der Waals surface area contributed by atoms with Gasteiger partial charge in [0.15, 0.2) is 11.5 Å². The van der Waals surface area contributed by atoms with Crippen LogP contribution in [0.4, 0.5) is 5.69 Å². The summed E-state index contributed by atoms with van der Waals surface area (Å²) in [6.07, 6.45) is 6.26. The Morgan fingerprint density at radius 2 is 2.00 bits per heavy atom. The van der Waals surface area contributed by atoms with Gasteiger partial charge in [-0.15, -0.1) is 0 Å². The molecular formula is C31H37ClN6O5. The first-order chi connectivity index (χ1) is 20.8. The smallest absolute Gasteiger partial charge is 0.273 e. The molecule has 0 aliphatic carbocycles. The lowest BCUT2D eigenvalue weighted by Crippen LogP contribution is -2.51. The van der Waals surface area contributed by atoms with Gasteiger partial charge in [-0.3, -0.25) is 9.79 Å². The Morgan fingerprint density at radius 1 is 1.21 bits per heavy atom. The molecule has 3 aromatic rings. The second kappa shape index (κ2) is 13.6. The minimum absolute atomic E-state index is 0.181. The Kier molecular flexibility index (Phi) is 9.64. The number of halogens is 1. The molecule has 3 heterocycles. The number of carbonyl (C=O) groups is 1. The van der Waals surface area contributed by atoms with Crippen LogP contribution in [0, 0.1) is 5.41 Å². The number of likely N-dealkylation sites (tertiary alicyclic amines) is 1. The van der Waals surface area contributed by atoms with E-state index in [1.165, 1.54) is 32.3 Å². The number of methoxy groups -OCH3 is 1. The average molecular weight is 609 g/mol. The predicted octanol–water partition coefficient (Wildman–Crippen LogP) is 4.84. The van der Waals surface area contributed by atoms with E-state index in [1.807, 2.05) is 6.07 Å². The molecule has 11 nitrogen and oxygen atoms in total. The molecule has 1 aromatic heterocycles. The van der Waals surface area contributed by atoms with Crippen LogP contribution in [0.5, 0.6) is 23.1 Å². The number of carbonyl (C=O) groups excluding carboxylic acids is 1. The molecule has 0 unspecified atom stereocenters. The molecule has 3 N–H and O–H groups in total. The molecule has 2 aliphatic heterocycles. The summed E-state index contributed by atoms with van der Waals surface area (Å²) in [6.45, 7) is 7.31. The number of anilines is 1. The minimum atomic E-state index is -0.432. The molecule has 43 heavy (non-hydrogen) atoms. The van der Waals surface area contributed by atoms with Crippen molar-refractivity contribution < 1.29 is 23.7 Å². The summed E-state index contributed by atoms with van der Waals surface area (Å²) >= 11 is 6.46. The van der Waals surface area contributed by atoms with E-state index in [9.17, 15) is 4.79 Å². The van der Waals surface area contributed by atoms with E-state index < -0.39 is 5.91 Å². The third kappa shape index (κ3) is 7.35. The van der Waals surface area contributed by atoms with Crippen LogP contribution < -0.4 is 25.3 Å². The summed E-state index contributed by atoms with van der Waals surface area (Å²) < 4.78 is 23.3. The van der Waals surface area contributed by atoms with Gasteiger partial charge in [0, 0.05) is 36.8 Å². The van der Waals surface area contributed by atoms with Gasteiger partial charge in [0.2, 0.25) is 5.88 Å². The highest BCUT2D eigenvalue weighted by atomic mass is 35.5. The first kappa shape index (κ1) is 30.5. The third-order valence-electron chi connectivity index (χ3n) is 7.73.